The first kappa shape index (κ1) is 15.0. The maximum Gasteiger partial charge on any atom is 0.338 e. The van der Waals surface area contributed by atoms with Crippen molar-refractivity contribution in [2.75, 3.05) is 0 Å². The third-order valence-corrected chi connectivity index (χ3v) is 2.95. The molecule has 1 aromatic heterocycles. The highest BCUT2D eigenvalue weighted by molar-refractivity contribution is 5.91. The Hall–Kier alpha value is -2.36. The van der Waals surface area contributed by atoms with E-state index >= 15 is 0 Å². The fraction of sp³-hybridized carbons (Fsp3) is 0.294. The highest BCUT2D eigenvalue weighted by Crippen LogP contribution is 2.21. The summed E-state index contributed by atoms with van der Waals surface area (Å²) in [6, 6.07) is 10.7. The van der Waals surface area contributed by atoms with Gasteiger partial charge in [0.25, 0.3) is 5.69 Å². The number of hydrogen-bond donors (Lipinski definition) is 1. The van der Waals surface area contributed by atoms with Crippen molar-refractivity contribution in [3.8, 4) is 11.3 Å². The number of pyridine rings is 1. The second kappa shape index (κ2) is 5.56. The van der Waals surface area contributed by atoms with Gasteiger partial charge in [-0.05, 0) is 52.0 Å². The van der Waals surface area contributed by atoms with Gasteiger partial charge in [-0.2, -0.15) is 0 Å². The molecule has 0 unspecified atom stereocenters. The largest absolute Gasteiger partial charge is 0.456 e. The number of benzene rings is 1. The van der Waals surface area contributed by atoms with Gasteiger partial charge in [0.05, 0.1) is 11.1 Å². The molecule has 0 fully saturated rings. The zero-order valence-electron chi connectivity index (χ0n) is 12.8. The third kappa shape index (κ3) is 3.60. The van der Waals surface area contributed by atoms with E-state index in [2.05, 4.69) is 0 Å². The first-order chi connectivity index (χ1) is 9.78. The molecule has 0 amide bonds. The summed E-state index contributed by atoms with van der Waals surface area (Å²) in [6.45, 7) is 7.40. The van der Waals surface area contributed by atoms with Gasteiger partial charge < -0.3 is 4.74 Å². The molecule has 0 spiro atoms. The van der Waals surface area contributed by atoms with Gasteiger partial charge >= 0.3 is 5.97 Å². The Kier molecular flexibility index (Phi) is 3.98. The number of hydrogen-bond acceptors (Lipinski definition) is 3. The van der Waals surface area contributed by atoms with Crippen LogP contribution in [-0.4, -0.2) is 16.8 Å². The molecule has 1 heterocycles. The SMILES string of the molecule is Cc1ccc[n+](O)c1-c1cccc(C(=O)OC(C)(C)C)c1. The van der Waals surface area contributed by atoms with Crippen molar-refractivity contribution >= 4 is 5.97 Å². The maximum absolute atomic E-state index is 12.1. The van der Waals surface area contributed by atoms with Gasteiger partial charge in [-0.1, -0.05) is 6.07 Å². The van der Waals surface area contributed by atoms with E-state index < -0.39 is 5.60 Å². The van der Waals surface area contributed by atoms with Crippen LogP contribution >= 0.6 is 0 Å². The Morgan fingerprint density at radius 1 is 1.19 bits per heavy atom. The van der Waals surface area contributed by atoms with Crippen LogP contribution in [0.5, 0.6) is 0 Å². The minimum absolute atomic E-state index is 0.373. The van der Waals surface area contributed by atoms with E-state index in [0.717, 1.165) is 15.9 Å². The normalized spacial score (nSPS) is 11.2. The Labute approximate surface area is 124 Å². The summed E-state index contributed by atoms with van der Waals surface area (Å²) in [7, 11) is 0. The number of ether oxygens (including phenoxy) is 1. The number of rotatable bonds is 2. The number of esters is 1. The predicted molar refractivity (Wildman–Crippen MR) is 79.2 cm³/mol. The summed E-state index contributed by atoms with van der Waals surface area (Å²) in [5.74, 6) is -0.373. The third-order valence-electron chi connectivity index (χ3n) is 2.95. The van der Waals surface area contributed by atoms with Gasteiger partial charge in [0, 0.05) is 16.4 Å². The standard InChI is InChI=1S/C17H20NO3/c1-12-7-6-10-18(20)15(12)13-8-5-9-14(11-13)16(19)21-17(2,3)4/h5-11,20H,1-4H3/q+1. The highest BCUT2D eigenvalue weighted by Gasteiger charge is 2.21. The second-order valence-corrected chi connectivity index (χ2v) is 5.97. The fourth-order valence-corrected chi connectivity index (χ4v) is 2.09. The quantitative estimate of drug-likeness (QED) is 0.524. The van der Waals surface area contributed by atoms with Crippen molar-refractivity contribution in [2.45, 2.75) is 33.3 Å². The van der Waals surface area contributed by atoms with E-state index in [1.165, 1.54) is 0 Å². The lowest BCUT2D eigenvalue weighted by Crippen LogP contribution is -2.33. The summed E-state index contributed by atoms with van der Waals surface area (Å²) in [5.41, 5.74) is 2.26. The molecule has 2 aromatic rings. The van der Waals surface area contributed by atoms with E-state index in [1.807, 2.05) is 39.8 Å². The second-order valence-electron chi connectivity index (χ2n) is 5.97. The van der Waals surface area contributed by atoms with E-state index in [0.29, 0.717) is 11.3 Å². The zero-order valence-corrected chi connectivity index (χ0v) is 12.8. The van der Waals surface area contributed by atoms with Crippen LogP contribution in [0.25, 0.3) is 11.3 Å². The molecule has 1 aromatic carbocycles. The van der Waals surface area contributed by atoms with Crippen molar-refractivity contribution in [3.05, 3.63) is 53.7 Å². The predicted octanol–water partition coefficient (Wildman–Crippen LogP) is 3.14. The first-order valence-electron chi connectivity index (χ1n) is 6.82. The van der Waals surface area contributed by atoms with Gasteiger partial charge in [-0.3, -0.25) is 5.21 Å². The van der Waals surface area contributed by atoms with Crippen molar-refractivity contribution in [1.82, 2.24) is 0 Å². The lowest BCUT2D eigenvalue weighted by atomic mass is 10.0. The minimum atomic E-state index is -0.535. The molecule has 0 atom stereocenters. The molecule has 110 valence electrons. The van der Waals surface area contributed by atoms with Gasteiger partial charge in [-0.15, -0.1) is 0 Å². The van der Waals surface area contributed by atoms with Crippen molar-refractivity contribution in [3.63, 3.8) is 0 Å². The van der Waals surface area contributed by atoms with Gasteiger partial charge in [0.2, 0.25) is 6.20 Å². The molecule has 0 saturated heterocycles. The Morgan fingerprint density at radius 2 is 1.90 bits per heavy atom. The molecule has 21 heavy (non-hydrogen) atoms. The van der Waals surface area contributed by atoms with Crippen LogP contribution in [-0.2, 0) is 4.74 Å². The summed E-state index contributed by atoms with van der Waals surface area (Å²) >= 11 is 0. The Morgan fingerprint density at radius 3 is 2.52 bits per heavy atom. The fourth-order valence-electron chi connectivity index (χ4n) is 2.09. The molecule has 2 rings (SSSR count). The average Bonchev–Trinajstić information content (AvgIpc) is 2.37. The zero-order chi connectivity index (χ0) is 15.6. The van der Waals surface area contributed by atoms with E-state index in [4.69, 9.17) is 4.74 Å². The van der Waals surface area contributed by atoms with Gasteiger partial charge in [0.1, 0.15) is 5.60 Å². The molecule has 1 N–H and O–H groups in total. The van der Waals surface area contributed by atoms with Crippen LogP contribution in [0.4, 0.5) is 0 Å². The van der Waals surface area contributed by atoms with Crippen molar-refractivity contribution in [2.24, 2.45) is 0 Å². The molecule has 0 aliphatic carbocycles. The number of aryl methyl sites for hydroxylation is 1. The molecule has 0 saturated carbocycles. The lowest BCUT2D eigenvalue weighted by Gasteiger charge is -2.19. The smallest absolute Gasteiger partial charge is 0.338 e. The van der Waals surface area contributed by atoms with Crippen LogP contribution in [0.1, 0.15) is 36.7 Å². The summed E-state index contributed by atoms with van der Waals surface area (Å²) in [5, 5.41) is 9.96. The molecular formula is C17H20NO3+. The molecule has 4 heteroatoms. The van der Waals surface area contributed by atoms with E-state index in [-0.39, 0.29) is 5.97 Å². The number of nitrogens with zero attached hydrogens (tertiary/aromatic N) is 1. The molecule has 0 aliphatic rings. The number of carbonyl (C=O) groups is 1. The van der Waals surface area contributed by atoms with Crippen LogP contribution in [0.2, 0.25) is 0 Å². The van der Waals surface area contributed by atoms with Gasteiger partial charge in [0.15, 0.2) is 0 Å². The highest BCUT2D eigenvalue weighted by atomic mass is 16.6. The average molecular weight is 286 g/mol. The molecule has 0 bridgehead atoms. The molecule has 0 aliphatic heterocycles. The van der Waals surface area contributed by atoms with Crippen LogP contribution in [0.15, 0.2) is 42.6 Å². The first-order valence-corrected chi connectivity index (χ1v) is 6.82. The Balaban J connectivity index is 2.41. The summed E-state index contributed by atoms with van der Waals surface area (Å²) in [4.78, 5) is 12.1. The molecule has 0 radical (unpaired) electrons. The Bertz CT molecular complexity index is 652. The summed E-state index contributed by atoms with van der Waals surface area (Å²) < 4.78 is 6.43. The number of carbonyl (C=O) groups excluding carboxylic acids is 1. The monoisotopic (exact) mass is 286 g/mol. The topological polar surface area (TPSA) is 50.4 Å². The van der Waals surface area contributed by atoms with E-state index in [1.54, 1.807) is 30.5 Å². The van der Waals surface area contributed by atoms with Gasteiger partial charge in [-0.25, -0.2) is 4.79 Å². The molecule has 4 nitrogen and oxygen atoms in total. The van der Waals surface area contributed by atoms with Crippen molar-refractivity contribution < 1.29 is 19.5 Å². The molecular weight excluding hydrogens is 266 g/mol. The lowest BCUT2D eigenvalue weighted by molar-refractivity contribution is -0.896. The minimum Gasteiger partial charge on any atom is -0.456 e. The van der Waals surface area contributed by atoms with E-state index in [9.17, 15) is 10.0 Å². The summed E-state index contributed by atoms with van der Waals surface area (Å²) in [6.07, 6.45) is 1.56. The van der Waals surface area contributed by atoms with Crippen LogP contribution < -0.4 is 4.73 Å². The number of aromatic nitrogens is 1. The van der Waals surface area contributed by atoms with Crippen LogP contribution in [0.3, 0.4) is 0 Å². The van der Waals surface area contributed by atoms with Crippen LogP contribution in [0, 0.1) is 6.92 Å². The maximum atomic E-state index is 12.1. The van der Waals surface area contributed by atoms with Crippen molar-refractivity contribution in [1.29, 1.82) is 0 Å².